The number of rotatable bonds is 8. The Labute approximate surface area is 165 Å². The zero-order chi connectivity index (χ0) is 19.9. The fourth-order valence-corrected chi connectivity index (χ4v) is 3.50. The second-order valence-corrected chi connectivity index (χ2v) is 7.30. The van der Waals surface area contributed by atoms with E-state index < -0.39 is 5.97 Å². The first-order chi connectivity index (χ1) is 13.5. The molecule has 8 nitrogen and oxygen atoms in total. The molecule has 0 aliphatic carbocycles. The van der Waals surface area contributed by atoms with Crippen molar-refractivity contribution in [1.82, 2.24) is 9.80 Å². The summed E-state index contributed by atoms with van der Waals surface area (Å²) in [5.41, 5.74) is 0.601. The fraction of sp³-hybridized carbons (Fsp3) is 0.600. The lowest BCUT2D eigenvalue weighted by molar-refractivity contribution is -0.138. The van der Waals surface area contributed by atoms with Gasteiger partial charge in [0.2, 0.25) is 0 Å². The monoisotopic (exact) mass is 392 g/mol. The van der Waals surface area contributed by atoms with Crippen LogP contribution in [-0.2, 0) is 14.3 Å². The van der Waals surface area contributed by atoms with Crippen LogP contribution in [0, 0.1) is 0 Å². The van der Waals surface area contributed by atoms with Crippen LogP contribution in [0.3, 0.4) is 0 Å². The Morgan fingerprint density at radius 1 is 1.21 bits per heavy atom. The van der Waals surface area contributed by atoms with E-state index in [1.54, 1.807) is 41.1 Å². The second-order valence-electron chi connectivity index (χ2n) is 7.30. The van der Waals surface area contributed by atoms with Gasteiger partial charge < -0.3 is 24.2 Å². The van der Waals surface area contributed by atoms with Gasteiger partial charge in [0, 0.05) is 31.8 Å². The van der Waals surface area contributed by atoms with Crippen molar-refractivity contribution in [1.29, 1.82) is 0 Å². The maximum Gasteiger partial charge on any atom is 0.317 e. The number of carbonyl (C=O) groups excluding carboxylic acids is 1. The number of morpholine rings is 1. The summed E-state index contributed by atoms with van der Waals surface area (Å²) in [5.74, 6) is -0.213. The van der Waals surface area contributed by atoms with E-state index in [1.807, 2.05) is 0 Å². The minimum atomic E-state index is -0.881. The molecule has 2 saturated heterocycles. The van der Waals surface area contributed by atoms with Gasteiger partial charge in [-0.2, -0.15) is 0 Å². The molecule has 0 bridgehead atoms. The van der Waals surface area contributed by atoms with Crippen molar-refractivity contribution in [3.8, 4) is 5.75 Å². The summed E-state index contributed by atoms with van der Waals surface area (Å²) >= 11 is 0. The van der Waals surface area contributed by atoms with Crippen LogP contribution >= 0.6 is 0 Å². The molecule has 28 heavy (non-hydrogen) atoms. The molecule has 3 rings (SSSR count). The molecule has 2 unspecified atom stereocenters. The number of amides is 1. The Balaban J connectivity index is 1.50. The highest BCUT2D eigenvalue weighted by Gasteiger charge is 2.26. The van der Waals surface area contributed by atoms with Crippen molar-refractivity contribution in [2.45, 2.75) is 25.0 Å². The minimum Gasteiger partial charge on any atom is -0.491 e. The molecule has 0 saturated carbocycles. The van der Waals surface area contributed by atoms with E-state index in [2.05, 4.69) is 0 Å². The van der Waals surface area contributed by atoms with Crippen LogP contribution in [0.15, 0.2) is 24.3 Å². The Bertz CT molecular complexity index is 659. The number of carboxylic acids is 1. The van der Waals surface area contributed by atoms with Gasteiger partial charge in [0.25, 0.3) is 5.91 Å². The predicted molar refractivity (Wildman–Crippen MR) is 102 cm³/mol. The summed E-state index contributed by atoms with van der Waals surface area (Å²) in [4.78, 5) is 27.0. The molecule has 0 radical (unpaired) electrons. The molecule has 0 spiro atoms. The average molecular weight is 392 g/mol. The first kappa shape index (κ1) is 20.6. The van der Waals surface area contributed by atoms with Crippen LogP contribution in [0.1, 0.15) is 23.2 Å². The van der Waals surface area contributed by atoms with Gasteiger partial charge in [-0.25, -0.2) is 0 Å². The highest BCUT2D eigenvalue weighted by Crippen LogP contribution is 2.18. The van der Waals surface area contributed by atoms with Gasteiger partial charge in [-0.3, -0.25) is 14.5 Å². The fourth-order valence-electron chi connectivity index (χ4n) is 3.50. The van der Waals surface area contributed by atoms with Gasteiger partial charge in [-0.1, -0.05) is 0 Å². The standard InChI is InChI=1S/C20H28N2O6/c1-21(13-19(23)24)11-18-12-22(8-10-27-18)20(25)15-4-6-16(7-5-15)28-14-17-3-2-9-26-17/h4-7,17-18H,2-3,8-14H2,1H3,(H,23,24). The third kappa shape index (κ3) is 5.92. The van der Waals surface area contributed by atoms with E-state index in [0.717, 1.165) is 25.2 Å². The SMILES string of the molecule is CN(CC(=O)O)CC1CN(C(=O)c2ccc(OCC3CCCO3)cc2)CCO1. The van der Waals surface area contributed by atoms with Crippen LogP contribution in [0.2, 0.25) is 0 Å². The van der Waals surface area contributed by atoms with Gasteiger partial charge in [0.1, 0.15) is 12.4 Å². The maximum absolute atomic E-state index is 12.8. The summed E-state index contributed by atoms with van der Waals surface area (Å²) in [6, 6.07) is 7.16. The number of likely N-dealkylation sites (N-methyl/N-ethyl adjacent to an activating group) is 1. The topological polar surface area (TPSA) is 88.5 Å². The van der Waals surface area contributed by atoms with Crippen LogP contribution in [0.4, 0.5) is 0 Å². The molecule has 2 heterocycles. The Kier molecular flexibility index (Phi) is 7.24. The van der Waals surface area contributed by atoms with Gasteiger partial charge in [-0.05, 0) is 44.2 Å². The Morgan fingerprint density at radius 3 is 2.64 bits per heavy atom. The highest BCUT2D eigenvalue weighted by atomic mass is 16.5. The molecule has 154 valence electrons. The smallest absolute Gasteiger partial charge is 0.317 e. The van der Waals surface area contributed by atoms with Gasteiger partial charge in [-0.15, -0.1) is 0 Å². The molecular weight excluding hydrogens is 364 g/mol. The van der Waals surface area contributed by atoms with E-state index in [9.17, 15) is 9.59 Å². The summed E-state index contributed by atoms with van der Waals surface area (Å²) in [6.45, 7) is 3.15. The number of hydrogen-bond acceptors (Lipinski definition) is 6. The van der Waals surface area contributed by atoms with E-state index >= 15 is 0 Å². The molecule has 2 aliphatic rings. The lowest BCUT2D eigenvalue weighted by Gasteiger charge is -2.34. The molecule has 0 aromatic heterocycles. The number of carbonyl (C=O) groups is 2. The van der Waals surface area contributed by atoms with Crippen molar-refractivity contribution in [3.63, 3.8) is 0 Å². The lowest BCUT2D eigenvalue weighted by atomic mass is 10.1. The number of aliphatic carboxylic acids is 1. The lowest BCUT2D eigenvalue weighted by Crippen LogP contribution is -2.49. The van der Waals surface area contributed by atoms with Crippen LogP contribution in [0.25, 0.3) is 0 Å². The number of ether oxygens (including phenoxy) is 3. The normalized spacial score (nSPS) is 22.4. The Hall–Kier alpha value is -2.16. The number of benzene rings is 1. The highest BCUT2D eigenvalue weighted by molar-refractivity contribution is 5.94. The summed E-state index contributed by atoms with van der Waals surface area (Å²) in [7, 11) is 1.73. The van der Waals surface area contributed by atoms with Crippen molar-refractivity contribution in [3.05, 3.63) is 29.8 Å². The molecule has 1 aromatic rings. The van der Waals surface area contributed by atoms with E-state index in [1.165, 1.54) is 0 Å². The molecule has 2 aliphatic heterocycles. The first-order valence-electron chi connectivity index (χ1n) is 9.67. The molecule has 2 fully saturated rings. The van der Waals surface area contributed by atoms with Gasteiger partial charge >= 0.3 is 5.97 Å². The second kappa shape index (κ2) is 9.86. The molecule has 8 heteroatoms. The van der Waals surface area contributed by atoms with Crippen molar-refractivity contribution < 1.29 is 28.9 Å². The van der Waals surface area contributed by atoms with E-state index in [-0.39, 0.29) is 24.7 Å². The largest absolute Gasteiger partial charge is 0.491 e. The summed E-state index contributed by atoms with van der Waals surface area (Å²) in [5, 5.41) is 8.86. The van der Waals surface area contributed by atoms with Crippen molar-refractivity contribution >= 4 is 11.9 Å². The van der Waals surface area contributed by atoms with Crippen molar-refractivity contribution in [2.24, 2.45) is 0 Å². The minimum absolute atomic E-state index is 0.0544. The Morgan fingerprint density at radius 2 is 1.96 bits per heavy atom. The van der Waals surface area contributed by atoms with E-state index in [0.29, 0.717) is 38.4 Å². The quantitative estimate of drug-likeness (QED) is 0.709. The zero-order valence-electron chi connectivity index (χ0n) is 16.2. The van der Waals surface area contributed by atoms with Crippen LogP contribution in [-0.4, -0.2) is 92.0 Å². The predicted octanol–water partition coefficient (Wildman–Crippen LogP) is 1.10. The molecule has 1 aromatic carbocycles. The van der Waals surface area contributed by atoms with Gasteiger partial charge in [0.15, 0.2) is 0 Å². The van der Waals surface area contributed by atoms with E-state index in [4.69, 9.17) is 19.3 Å². The first-order valence-corrected chi connectivity index (χ1v) is 9.67. The third-order valence-corrected chi connectivity index (χ3v) is 4.91. The average Bonchev–Trinajstić information content (AvgIpc) is 3.19. The van der Waals surface area contributed by atoms with Gasteiger partial charge in [0.05, 0.1) is 25.4 Å². The molecular formula is C20H28N2O6. The third-order valence-electron chi connectivity index (χ3n) is 4.91. The molecule has 2 atom stereocenters. The summed E-state index contributed by atoms with van der Waals surface area (Å²) in [6.07, 6.45) is 2.06. The van der Waals surface area contributed by atoms with Crippen LogP contribution in [0.5, 0.6) is 5.75 Å². The molecule has 1 N–H and O–H groups in total. The number of hydrogen-bond donors (Lipinski definition) is 1. The summed E-state index contributed by atoms with van der Waals surface area (Å²) < 4.78 is 17.0. The zero-order valence-corrected chi connectivity index (χ0v) is 16.2. The number of carboxylic acid groups (broad SMARTS) is 1. The molecule has 1 amide bonds. The van der Waals surface area contributed by atoms with Crippen molar-refractivity contribution in [2.75, 3.05) is 53.0 Å². The number of nitrogens with zero attached hydrogens (tertiary/aromatic N) is 2. The van der Waals surface area contributed by atoms with Crippen LogP contribution < -0.4 is 4.74 Å². The maximum atomic E-state index is 12.8.